The van der Waals surface area contributed by atoms with E-state index in [0.717, 1.165) is 49.0 Å². The lowest BCUT2D eigenvalue weighted by Crippen LogP contribution is -2.47. The van der Waals surface area contributed by atoms with Crippen LogP contribution < -0.4 is 14.2 Å². The normalized spacial score (nSPS) is 13.2. The van der Waals surface area contributed by atoms with Gasteiger partial charge in [-0.1, -0.05) is 74.0 Å². The van der Waals surface area contributed by atoms with E-state index in [1.165, 1.54) is 35.0 Å². The number of ether oxygens (including phenoxy) is 3. The smallest absolute Gasteiger partial charge is 0.246 e. The van der Waals surface area contributed by atoms with Crippen LogP contribution in [-0.2, 0) is 24.4 Å². The maximum atomic E-state index is 13.9. The van der Waals surface area contributed by atoms with E-state index in [1.807, 2.05) is 30.0 Å². The van der Waals surface area contributed by atoms with Crippen molar-refractivity contribution >= 4 is 36.0 Å². The van der Waals surface area contributed by atoms with E-state index >= 15 is 0 Å². The second-order valence-corrected chi connectivity index (χ2v) is 14.1. The third-order valence-electron chi connectivity index (χ3n) is 9.33. The number of hydrogen-bond donors (Lipinski definition) is 0. The fraction of sp³-hybridized carbons (Fsp3) is 0.273. The van der Waals surface area contributed by atoms with Crippen LogP contribution in [0.25, 0.3) is 6.08 Å². The molecule has 55 heavy (non-hydrogen) atoms. The van der Waals surface area contributed by atoms with Crippen molar-refractivity contribution in [2.24, 2.45) is 0 Å². The summed E-state index contributed by atoms with van der Waals surface area (Å²) >= 11 is 6.59. The number of halogens is 4. The minimum Gasteiger partial charge on any atom is -0.493 e. The average molecular weight is 789 g/mol. The van der Waals surface area contributed by atoms with Crippen molar-refractivity contribution in [2.45, 2.75) is 46.3 Å². The molecule has 2 heterocycles. The van der Waals surface area contributed by atoms with Crippen molar-refractivity contribution in [3.8, 4) is 23.1 Å². The number of aromatic nitrogens is 1. The summed E-state index contributed by atoms with van der Waals surface area (Å²) < 4.78 is 44.8. The Kier molecular flexibility index (Phi) is 14.7. The first-order chi connectivity index (χ1) is 26.1. The lowest BCUT2D eigenvalue weighted by atomic mass is 10.0. The van der Waals surface area contributed by atoms with Gasteiger partial charge in [-0.25, -0.2) is 13.8 Å². The standard InChI is InChI=1S/C44H44ClF2N3O4.ClH/c1-30(2)35-12-14-37(15-13-35)52-24-19-32-7-9-33(10-8-32)28-49-20-22-50(23-21-49)42(51)18-11-34-25-31(3)44(39(45)26-34)54-41-17-16-38(27-48-41)53-29-36-5-4-6-40(46)43(36)47;/h4-18,25-27,30H,19-24,28-29H2,1-3H3;1H. The van der Waals surface area contributed by atoms with Crippen LogP contribution in [0.3, 0.4) is 0 Å². The molecule has 1 amide bonds. The third-order valence-corrected chi connectivity index (χ3v) is 9.61. The van der Waals surface area contributed by atoms with E-state index in [1.54, 1.807) is 30.4 Å². The van der Waals surface area contributed by atoms with Gasteiger partial charge in [0.25, 0.3) is 0 Å². The highest BCUT2D eigenvalue weighted by atomic mass is 35.5. The molecule has 0 saturated carbocycles. The molecule has 288 valence electrons. The van der Waals surface area contributed by atoms with Crippen LogP contribution in [-0.4, -0.2) is 53.5 Å². The van der Waals surface area contributed by atoms with Gasteiger partial charge in [0.1, 0.15) is 18.1 Å². The molecule has 7 nitrogen and oxygen atoms in total. The van der Waals surface area contributed by atoms with Crippen molar-refractivity contribution in [3.05, 3.63) is 153 Å². The number of amides is 1. The molecule has 4 aromatic carbocycles. The first-order valence-corrected chi connectivity index (χ1v) is 18.5. The first-order valence-electron chi connectivity index (χ1n) is 18.1. The molecule has 0 N–H and O–H groups in total. The molecule has 1 aromatic heterocycles. The molecule has 0 bridgehead atoms. The van der Waals surface area contributed by atoms with Crippen molar-refractivity contribution in [1.82, 2.24) is 14.8 Å². The molecular formula is C44H45Cl2F2N3O4. The Morgan fingerprint density at radius 3 is 2.27 bits per heavy atom. The molecule has 1 fully saturated rings. The van der Waals surface area contributed by atoms with Gasteiger partial charge in [0.05, 0.1) is 17.8 Å². The van der Waals surface area contributed by atoms with Crippen LogP contribution in [0.15, 0.2) is 103 Å². The van der Waals surface area contributed by atoms with E-state index in [2.05, 4.69) is 60.1 Å². The number of hydrogen-bond acceptors (Lipinski definition) is 6. The molecule has 0 radical (unpaired) electrons. The molecule has 5 aromatic rings. The number of pyridine rings is 1. The van der Waals surface area contributed by atoms with Crippen molar-refractivity contribution < 1.29 is 27.8 Å². The predicted molar refractivity (Wildman–Crippen MR) is 216 cm³/mol. The SMILES string of the molecule is Cc1cc(C=CC(=O)N2CCN(Cc3ccc(CCOc4ccc(C(C)C)cc4)cc3)CC2)cc(Cl)c1Oc1ccc(OCc2cccc(F)c2F)cn1.Cl. The quantitative estimate of drug-likeness (QED) is 0.104. The van der Waals surface area contributed by atoms with Gasteiger partial charge >= 0.3 is 0 Å². The van der Waals surface area contributed by atoms with Gasteiger partial charge in [0.2, 0.25) is 11.8 Å². The summed E-state index contributed by atoms with van der Waals surface area (Å²) in [6.07, 6.45) is 5.63. The Hall–Kier alpha value is -4.96. The predicted octanol–water partition coefficient (Wildman–Crippen LogP) is 10.2. The van der Waals surface area contributed by atoms with Crippen LogP contribution >= 0.6 is 24.0 Å². The lowest BCUT2D eigenvalue weighted by molar-refractivity contribution is -0.127. The number of aryl methyl sites for hydroxylation is 1. The molecule has 0 atom stereocenters. The van der Waals surface area contributed by atoms with Gasteiger partial charge in [0.15, 0.2) is 17.4 Å². The maximum Gasteiger partial charge on any atom is 0.246 e. The fourth-order valence-electron chi connectivity index (χ4n) is 6.13. The Morgan fingerprint density at radius 1 is 0.891 bits per heavy atom. The average Bonchev–Trinajstić information content (AvgIpc) is 3.17. The Balaban J connectivity index is 0.00000580. The van der Waals surface area contributed by atoms with Crippen LogP contribution in [0.5, 0.6) is 23.1 Å². The van der Waals surface area contributed by atoms with Crippen molar-refractivity contribution in [2.75, 3.05) is 32.8 Å². The monoisotopic (exact) mass is 787 g/mol. The summed E-state index contributed by atoms with van der Waals surface area (Å²) in [5, 5.41) is 0.369. The number of carbonyl (C=O) groups excluding carboxylic acids is 1. The zero-order valence-corrected chi connectivity index (χ0v) is 32.7. The molecule has 1 saturated heterocycles. The molecule has 0 unspecified atom stereocenters. The number of rotatable bonds is 14. The zero-order chi connectivity index (χ0) is 38.0. The van der Waals surface area contributed by atoms with Gasteiger partial charge in [0, 0.05) is 56.9 Å². The van der Waals surface area contributed by atoms with E-state index in [4.69, 9.17) is 25.8 Å². The zero-order valence-electron chi connectivity index (χ0n) is 31.1. The summed E-state index contributed by atoms with van der Waals surface area (Å²) in [5.74, 6) is 0.585. The summed E-state index contributed by atoms with van der Waals surface area (Å²) in [6.45, 7) is 10.5. The molecular weight excluding hydrogens is 743 g/mol. The van der Waals surface area contributed by atoms with Gasteiger partial charge in [-0.05, 0) is 83.1 Å². The summed E-state index contributed by atoms with van der Waals surface area (Å²) in [6, 6.07) is 27.8. The Labute approximate surface area is 332 Å². The number of nitrogens with zero attached hydrogens (tertiary/aromatic N) is 3. The van der Waals surface area contributed by atoms with Crippen LogP contribution in [0.4, 0.5) is 8.78 Å². The molecule has 11 heteroatoms. The highest BCUT2D eigenvalue weighted by Gasteiger charge is 2.20. The van der Waals surface area contributed by atoms with E-state index in [0.29, 0.717) is 42.1 Å². The minimum absolute atomic E-state index is 0. The largest absolute Gasteiger partial charge is 0.493 e. The third kappa shape index (κ3) is 11.5. The first kappa shape index (κ1) is 41.2. The number of piperazine rings is 1. The summed E-state index contributed by atoms with van der Waals surface area (Å²) in [4.78, 5) is 21.5. The van der Waals surface area contributed by atoms with E-state index in [9.17, 15) is 13.6 Å². The molecule has 0 aliphatic carbocycles. The van der Waals surface area contributed by atoms with E-state index in [-0.39, 0.29) is 36.4 Å². The number of benzene rings is 4. The molecule has 0 spiro atoms. The highest BCUT2D eigenvalue weighted by Crippen LogP contribution is 2.34. The van der Waals surface area contributed by atoms with Crippen molar-refractivity contribution in [1.29, 1.82) is 0 Å². The lowest BCUT2D eigenvalue weighted by Gasteiger charge is -2.34. The van der Waals surface area contributed by atoms with Crippen LogP contribution in [0.2, 0.25) is 5.02 Å². The topological polar surface area (TPSA) is 64.1 Å². The molecule has 1 aliphatic rings. The second-order valence-electron chi connectivity index (χ2n) is 13.7. The summed E-state index contributed by atoms with van der Waals surface area (Å²) in [5.41, 5.74) is 5.44. The van der Waals surface area contributed by atoms with Gasteiger partial charge in [-0.2, -0.15) is 0 Å². The van der Waals surface area contributed by atoms with Crippen LogP contribution in [0, 0.1) is 18.6 Å². The van der Waals surface area contributed by atoms with E-state index < -0.39 is 11.6 Å². The fourth-order valence-corrected chi connectivity index (χ4v) is 6.44. The number of carbonyl (C=O) groups is 1. The van der Waals surface area contributed by atoms with Gasteiger partial charge in [-0.3, -0.25) is 9.69 Å². The Morgan fingerprint density at radius 2 is 1.60 bits per heavy atom. The summed E-state index contributed by atoms with van der Waals surface area (Å²) in [7, 11) is 0. The second kappa shape index (κ2) is 19.6. The van der Waals surface area contributed by atoms with Crippen molar-refractivity contribution in [3.63, 3.8) is 0 Å². The molecule has 6 rings (SSSR count). The van der Waals surface area contributed by atoms with Gasteiger partial charge < -0.3 is 19.1 Å². The molecule has 1 aliphatic heterocycles. The minimum atomic E-state index is -0.938. The maximum absolute atomic E-state index is 13.9. The van der Waals surface area contributed by atoms with Gasteiger partial charge in [-0.15, -0.1) is 12.4 Å². The highest BCUT2D eigenvalue weighted by molar-refractivity contribution is 6.32. The Bertz CT molecular complexity index is 2030. The van der Waals surface area contributed by atoms with Crippen LogP contribution in [0.1, 0.15) is 53.1 Å².